The molecule has 103 heavy (non-hydrogen) atoms. The Kier molecular flexibility index (Phi) is 11.4. The SMILES string of the molecule is Cc1cnccc1-c1c2c(cc3c1ccc1c4cc5c(c(-c6cncnc6)c4ccc31)-c1cccc3cccc-5c13)-c1cccc3cccc-2c13.Cc1nnnc(C)c1-c1cc2c3cc4c(cc3c(-c3cncnc3)cc2c2cc3c(cc12)-c1cccc2cccc-3c12)-c1cccc2cccc-4c12. The third-order valence-corrected chi connectivity index (χ3v) is 23.1. The van der Waals surface area contributed by atoms with E-state index < -0.39 is 0 Å². The third kappa shape index (κ3) is 7.67. The summed E-state index contributed by atoms with van der Waals surface area (Å²) in [6.45, 7) is 6.26. The highest BCUT2D eigenvalue weighted by molar-refractivity contribution is 6.33. The van der Waals surface area contributed by atoms with E-state index in [-0.39, 0.29) is 0 Å². The van der Waals surface area contributed by atoms with Gasteiger partial charge >= 0.3 is 0 Å². The van der Waals surface area contributed by atoms with E-state index in [9.17, 15) is 0 Å². The van der Waals surface area contributed by atoms with E-state index in [0.717, 1.165) is 39.2 Å². The smallest absolute Gasteiger partial charge is 0.115 e. The number of pyridine rings is 1. The maximum absolute atomic E-state index is 4.49. The van der Waals surface area contributed by atoms with Gasteiger partial charge in [0.05, 0.1) is 11.4 Å². The van der Waals surface area contributed by atoms with Crippen molar-refractivity contribution in [2.75, 3.05) is 0 Å². The Bertz CT molecular complexity index is 7280. The highest BCUT2D eigenvalue weighted by atomic mass is 15.3. The highest BCUT2D eigenvalue weighted by Gasteiger charge is 2.32. The van der Waals surface area contributed by atoms with Crippen molar-refractivity contribution in [1.29, 1.82) is 0 Å². The normalized spacial score (nSPS) is 12.4. The standard InChI is InChI=1S/C48H27N3.C47H27N5/c1-26-22-49-19-18-30(26)46-36-17-15-31-32(40(36)21-42-34-11-3-7-28-9-5-13-38(44(28)34)48(42)46)14-16-35-39(31)20-41-33-10-2-6-27-8-4-12-37(43(27)33)47(41)45(35)29-23-50-25-51-24-29;1-24-45(25(2)51-52-50-24)44-20-42-39(41-18-36-31-13-5-9-27-10-6-14-32(47(27)31)37(36)19-43(41)44)15-33(28-21-48-23-49-22-28)38-16-34-29-11-3-7-26-8-4-12-30(46(26)29)35(34)17-40(38)42/h2-25H,1H3;3-23H,1-2H3. The molecule has 20 aromatic rings. The predicted molar refractivity (Wildman–Crippen MR) is 424 cm³/mol. The summed E-state index contributed by atoms with van der Waals surface area (Å²) in [5.74, 6) is 0. The first kappa shape index (κ1) is 56.3. The molecule has 0 atom stereocenters. The molecule has 0 bridgehead atoms. The summed E-state index contributed by atoms with van der Waals surface area (Å²) in [4.78, 5) is 22.4. The molecule has 8 nitrogen and oxygen atoms in total. The molecule has 0 radical (unpaired) electrons. The molecule has 0 amide bonds. The Morgan fingerprint density at radius 3 is 1.02 bits per heavy atom. The third-order valence-electron chi connectivity index (χ3n) is 23.1. The van der Waals surface area contributed by atoms with Crippen molar-refractivity contribution in [3.63, 3.8) is 0 Å². The van der Waals surface area contributed by atoms with Crippen LogP contribution in [0.4, 0.5) is 0 Å². The molecule has 0 saturated carbocycles. The van der Waals surface area contributed by atoms with Crippen molar-refractivity contribution in [3.8, 4) is 134 Å². The highest BCUT2D eigenvalue weighted by Crippen LogP contribution is 2.59. The van der Waals surface area contributed by atoms with E-state index in [4.69, 9.17) is 0 Å². The van der Waals surface area contributed by atoms with Gasteiger partial charge in [-0.3, -0.25) is 4.98 Å². The average Bonchev–Trinajstić information content (AvgIpc) is 1.64. The van der Waals surface area contributed by atoms with Crippen molar-refractivity contribution >= 4 is 108 Å². The summed E-state index contributed by atoms with van der Waals surface area (Å²) in [5, 5.41) is 38.0. The molecule has 0 spiro atoms. The lowest BCUT2D eigenvalue weighted by atomic mass is 9.83. The number of aromatic nitrogens is 8. The molecule has 24 rings (SSSR count). The molecule has 4 aliphatic carbocycles. The van der Waals surface area contributed by atoms with Crippen LogP contribution in [-0.4, -0.2) is 40.3 Å². The summed E-state index contributed by atoms with van der Waals surface area (Å²) >= 11 is 0. The minimum Gasteiger partial charge on any atom is -0.264 e. The first-order valence-electron chi connectivity index (χ1n) is 35.1. The van der Waals surface area contributed by atoms with Crippen LogP contribution in [0.5, 0.6) is 0 Å². The van der Waals surface area contributed by atoms with E-state index in [1.807, 2.05) is 51.0 Å². The van der Waals surface area contributed by atoms with Gasteiger partial charge in [0.1, 0.15) is 12.7 Å². The van der Waals surface area contributed by atoms with Crippen molar-refractivity contribution in [2.24, 2.45) is 0 Å². The molecule has 8 heteroatoms. The van der Waals surface area contributed by atoms with Gasteiger partial charge in [-0.1, -0.05) is 170 Å². The number of nitrogens with zero attached hydrogens (tertiary/aromatic N) is 8. The Morgan fingerprint density at radius 1 is 0.214 bits per heavy atom. The zero-order valence-corrected chi connectivity index (χ0v) is 56.1. The van der Waals surface area contributed by atoms with Crippen LogP contribution in [0, 0.1) is 20.8 Å². The number of benzene rings is 16. The van der Waals surface area contributed by atoms with Crippen molar-refractivity contribution in [3.05, 3.63) is 291 Å². The number of aryl methyl sites for hydroxylation is 3. The molecule has 4 aliphatic rings. The van der Waals surface area contributed by atoms with E-state index in [2.05, 4.69) is 272 Å². The van der Waals surface area contributed by atoms with E-state index in [1.165, 1.54) is 219 Å². The number of fused-ring (bicyclic) bond motifs is 22. The Hall–Kier alpha value is -13.6. The van der Waals surface area contributed by atoms with Crippen molar-refractivity contribution in [2.45, 2.75) is 20.8 Å². The van der Waals surface area contributed by atoms with Crippen molar-refractivity contribution in [1.82, 2.24) is 40.3 Å². The second-order valence-electron chi connectivity index (χ2n) is 28.2. The molecule has 0 saturated heterocycles. The Labute approximate surface area is 590 Å². The molecular formula is C95H54N8. The van der Waals surface area contributed by atoms with Crippen LogP contribution in [0.25, 0.3) is 241 Å². The maximum Gasteiger partial charge on any atom is 0.115 e. The lowest BCUT2D eigenvalue weighted by Crippen LogP contribution is -2.00. The largest absolute Gasteiger partial charge is 0.264 e. The van der Waals surface area contributed by atoms with Crippen LogP contribution in [0.15, 0.2) is 274 Å². The zero-order valence-electron chi connectivity index (χ0n) is 56.1. The molecule has 0 N–H and O–H groups in total. The van der Waals surface area contributed by atoms with Gasteiger partial charge in [0.25, 0.3) is 0 Å². The molecule has 16 aromatic carbocycles. The minimum atomic E-state index is 0.865. The molecule has 4 heterocycles. The topological polar surface area (TPSA) is 103 Å². The summed E-state index contributed by atoms with van der Waals surface area (Å²) in [6.07, 6.45) is 14.9. The van der Waals surface area contributed by atoms with Crippen LogP contribution in [0.2, 0.25) is 0 Å². The first-order chi connectivity index (χ1) is 50.9. The predicted octanol–water partition coefficient (Wildman–Crippen LogP) is 24.2. The van der Waals surface area contributed by atoms with Crippen LogP contribution in [-0.2, 0) is 0 Å². The molecular weight excluding hydrogens is 1250 g/mol. The molecule has 0 unspecified atom stereocenters. The zero-order chi connectivity index (χ0) is 67.6. The van der Waals surface area contributed by atoms with Crippen LogP contribution < -0.4 is 0 Å². The van der Waals surface area contributed by atoms with Gasteiger partial charge < -0.3 is 0 Å². The van der Waals surface area contributed by atoms with Gasteiger partial charge in [0, 0.05) is 59.4 Å². The number of rotatable bonds is 4. The average molecular weight is 1310 g/mol. The fourth-order valence-electron chi connectivity index (χ4n) is 18.9. The van der Waals surface area contributed by atoms with Gasteiger partial charge in [0.15, 0.2) is 0 Å². The van der Waals surface area contributed by atoms with Crippen molar-refractivity contribution < 1.29 is 0 Å². The van der Waals surface area contributed by atoms with Gasteiger partial charge in [-0.05, 0) is 305 Å². The van der Waals surface area contributed by atoms with Gasteiger partial charge in [-0.2, -0.15) is 0 Å². The van der Waals surface area contributed by atoms with Crippen LogP contribution in [0.3, 0.4) is 0 Å². The fourth-order valence-corrected chi connectivity index (χ4v) is 18.9. The lowest BCUT2D eigenvalue weighted by molar-refractivity contribution is 0.820. The lowest BCUT2D eigenvalue weighted by Gasteiger charge is -2.19. The van der Waals surface area contributed by atoms with Gasteiger partial charge in [-0.25, -0.2) is 19.9 Å². The van der Waals surface area contributed by atoms with E-state index in [0.29, 0.717) is 0 Å². The Balaban J connectivity index is 0.000000126. The summed E-state index contributed by atoms with van der Waals surface area (Å²) in [7, 11) is 0. The number of hydrogen-bond acceptors (Lipinski definition) is 8. The first-order valence-corrected chi connectivity index (χ1v) is 35.1. The Morgan fingerprint density at radius 2 is 0.553 bits per heavy atom. The monoisotopic (exact) mass is 1310 g/mol. The van der Waals surface area contributed by atoms with Crippen LogP contribution >= 0.6 is 0 Å². The van der Waals surface area contributed by atoms with E-state index in [1.54, 1.807) is 12.7 Å². The fraction of sp³-hybridized carbons (Fsp3) is 0.0316. The quantitative estimate of drug-likeness (QED) is 0.161. The molecule has 0 aliphatic heterocycles. The summed E-state index contributed by atoms with van der Waals surface area (Å²) in [6, 6.07) is 84.3. The number of hydrogen-bond donors (Lipinski definition) is 0. The minimum absolute atomic E-state index is 0.865. The summed E-state index contributed by atoms with van der Waals surface area (Å²) in [5.41, 5.74) is 32.4. The van der Waals surface area contributed by atoms with Gasteiger partial charge in [-0.15, -0.1) is 10.2 Å². The summed E-state index contributed by atoms with van der Waals surface area (Å²) < 4.78 is 0. The van der Waals surface area contributed by atoms with Gasteiger partial charge in [0.2, 0.25) is 0 Å². The second kappa shape index (κ2) is 20.8. The second-order valence-corrected chi connectivity index (χ2v) is 28.2. The molecule has 4 aromatic heterocycles. The van der Waals surface area contributed by atoms with Crippen LogP contribution in [0.1, 0.15) is 17.0 Å². The molecule has 0 fully saturated rings. The van der Waals surface area contributed by atoms with E-state index >= 15 is 0 Å². The molecule has 474 valence electrons. The maximum atomic E-state index is 4.49.